The van der Waals surface area contributed by atoms with Crippen LogP contribution in [-0.4, -0.2) is 37.8 Å². The lowest BCUT2D eigenvalue weighted by atomic mass is 10.1. The number of hydrogen-bond donors (Lipinski definition) is 2. The summed E-state index contributed by atoms with van der Waals surface area (Å²) in [5.74, 6) is 0.0989. The minimum absolute atomic E-state index is 0.0267. The van der Waals surface area contributed by atoms with Gasteiger partial charge in [0.05, 0.1) is 10.4 Å². The van der Waals surface area contributed by atoms with Crippen molar-refractivity contribution in [2.24, 2.45) is 4.40 Å². The van der Waals surface area contributed by atoms with Gasteiger partial charge in [0.15, 0.2) is 0 Å². The Kier molecular flexibility index (Phi) is 3.21. The first-order valence-corrected chi connectivity index (χ1v) is 7.34. The van der Waals surface area contributed by atoms with E-state index in [0.717, 1.165) is 0 Å². The molecule has 2 rings (SSSR count). The number of urea groups is 1. The molecule has 0 spiro atoms. The number of hydrogen-bond acceptors (Lipinski definition) is 4. The smallest absolute Gasteiger partial charge is 0.323 e. The molecule has 1 aromatic rings. The van der Waals surface area contributed by atoms with Gasteiger partial charge in [-0.3, -0.25) is 5.32 Å². The van der Waals surface area contributed by atoms with E-state index in [9.17, 15) is 13.2 Å². The number of amides is 2. The predicted octanol–water partition coefficient (Wildman–Crippen LogP) is 0.790. The number of amidine groups is 1. The number of nitrogens with two attached hydrogens (primary N) is 1. The molecule has 0 atom stereocenters. The Morgan fingerprint density at radius 1 is 1.25 bits per heavy atom. The molecule has 1 aliphatic rings. The van der Waals surface area contributed by atoms with Crippen LogP contribution in [0.3, 0.4) is 0 Å². The standard InChI is InChI=1S/C12H16N4O3S/c1-12(2)10(14-11(17)16(12)3)15-20(18,19)9-6-4-8(13)5-7-9/h4-7H,13H2,1-3H3,(H,14,15,17). The summed E-state index contributed by atoms with van der Waals surface area (Å²) in [5, 5.41) is 2.46. The lowest BCUT2D eigenvalue weighted by molar-refractivity contribution is 0.203. The van der Waals surface area contributed by atoms with Gasteiger partial charge in [-0.15, -0.1) is 4.40 Å². The zero-order chi connectivity index (χ0) is 15.1. The number of anilines is 1. The monoisotopic (exact) mass is 296 g/mol. The number of nitrogens with one attached hydrogen (secondary N) is 1. The molecule has 1 aromatic carbocycles. The molecule has 20 heavy (non-hydrogen) atoms. The molecule has 0 aromatic heterocycles. The van der Waals surface area contributed by atoms with Gasteiger partial charge in [0, 0.05) is 12.7 Å². The zero-order valence-electron chi connectivity index (χ0n) is 11.4. The van der Waals surface area contributed by atoms with Gasteiger partial charge in [-0.05, 0) is 38.1 Å². The van der Waals surface area contributed by atoms with Crippen molar-refractivity contribution in [3.05, 3.63) is 24.3 Å². The van der Waals surface area contributed by atoms with E-state index in [1.807, 2.05) is 0 Å². The molecule has 3 N–H and O–H groups in total. The summed E-state index contributed by atoms with van der Waals surface area (Å²) < 4.78 is 28.1. The van der Waals surface area contributed by atoms with E-state index in [1.165, 1.54) is 29.2 Å². The Hall–Kier alpha value is -2.09. The molecule has 0 radical (unpaired) electrons. The van der Waals surface area contributed by atoms with E-state index in [1.54, 1.807) is 20.9 Å². The highest BCUT2D eigenvalue weighted by atomic mass is 32.2. The number of nitrogen functional groups attached to an aromatic ring is 1. The van der Waals surface area contributed by atoms with Crippen LogP contribution in [0.2, 0.25) is 0 Å². The van der Waals surface area contributed by atoms with E-state index >= 15 is 0 Å². The fourth-order valence-corrected chi connectivity index (χ4v) is 2.79. The highest BCUT2D eigenvalue weighted by Crippen LogP contribution is 2.22. The quantitative estimate of drug-likeness (QED) is 0.787. The van der Waals surface area contributed by atoms with Crippen molar-refractivity contribution in [3.8, 4) is 0 Å². The van der Waals surface area contributed by atoms with E-state index in [4.69, 9.17) is 5.73 Å². The maximum absolute atomic E-state index is 12.2. The highest BCUT2D eigenvalue weighted by molar-refractivity contribution is 7.90. The number of carbonyl (C=O) groups excluding carboxylic acids is 1. The Morgan fingerprint density at radius 2 is 1.80 bits per heavy atom. The SMILES string of the molecule is CN1C(=O)N/C(=N/S(=O)(=O)c2ccc(N)cc2)C1(C)C. The molecule has 108 valence electrons. The number of sulfonamides is 1. The van der Waals surface area contributed by atoms with Crippen LogP contribution in [-0.2, 0) is 10.0 Å². The number of nitrogens with zero attached hydrogens (tertiary/aromatic N) is 2. The molecule has 1 saturated heterocycles. The van der Waals surface area contributed by atoms with Gasteiger partial charge in [-0.2, -0.15) is 8.42 Å². The summed E-state index contributed by atoms with van der Waals surface area (Å²) >= 11 is 0. The first kappa shape index (κ1) is 14.3. The normalized spacial score (nSPS) is 20.2. The summed E-state index contributed by atoms with van der Waals surface area (Å²) in [6.45, 7) is 3.42. The topological polar surface area (TPSA) is 105 Å². The molecular formula is C12H16N4O3S. The Labute approximate surface area is 117 Å². The van der Waals surface area contributed by atoms with Crippen molar-refractivity contribution in [3.63, 3.8) is 0 Å². The number of likely N-dealkylation sites (N-methyl/N-ethyl adjacent to an activating group) is 1. The summed E-state index contributed by atoms with van der Waals surface area (Å²) in [4.78, 5) is 13.0. The maximum Gasteiger partial charge on any atom is 0.323 e. The van der Waals surface area contributed by atoms with Gasteiger partial charge >= 0.3 is 6.03 Å². The minimum atomic E-state index is -3.89. The summed E-state index contributed by atoms with van der Waals surface area (Å²) in [7, 11) is -2.31. The van der Waals surface area contributed by atoms with Crippen LogP contribution in [0.4, 0.5) is 10.5 Å². The lowest BCUT2D eigenvalue weighted by Gasteiger charge is -2.25. The number of carbonyl (C=O) groups is 1. The summed E-state index contributed by atoms with van der Waals surface area (Å²) in [6, 6.07) is 5.33. The third kappa shape index (κ3) is 2.34. The molecule has 1 heterocycles. The highest BCUT2D eigenvalue weighted by Gasteiger charge is 2.42. The Morgan fingerprint density at radius 3 is 2.25 bits per heavy atom. The van der Waals surface area contributed by atoms with E-state index in [0.29, 0.717) is 5.69 Å². The third-order valence-electron chi connectivity index (χ3n) is 3.34. The fraction of sp³-hybridized carbons (Fsp3) is 0.333. The molecule has 8 heteroatoms. The molecule has 2 amide bonds. The summed E-state index contributed by atoms with van der Waals surface area (Å²) in [6.07, 6.45) is 0. The second-order valence-electron chi connectivity index (χ2n) is 5.03. The van der Waals surface area contributed by atoms with Crippen molar-refractivity contribution < 1.29 is 13.2 Å². The maximum atomic E-state index is 12.2. The molecular weight excluding hydrogens is 280 g/mol. The molecule has 1 aliphatic heterocycles. The molecule has 1 fully saturated rings. The largest absolute Gasteiger partial charge is 0.399 e. The van der Waals surface area contributed by atoms with Gasteiger partial charge < -0.3 is 10.6 Å². The van der Waals surface area contributed by atoms with Gasteiger partial charge in [0.1, 0.15) is 5.84 Å². The van der Waals surface area contributed by atoms with Crippen molar-refractivity contribution in [1.29, 1.82) is 0 Å². The molecule has 0 bridgehead atoms. The van der Waals surface area contributed by atoms with E-state index in [-0.39, 0.29) is 16.8 Å². The van der Waals surface area contributed by atoms with Gasteiger partial charge in [0.25, 0.3) is 10.0 Å². The first-order chi connectivity index (χ1) is 9.14. The Balaban J connectivity index is 2.44. The minimum Gasteiger partial charge on any atom is -0.399 e. The van der Waals surface area contributed by atoms with Crippen LogP contribution >= 0.6 is 0 Å². The van der Waals surface area contributed by atoms with Crippen molar-refractivity contribution in [2.45, 2.75) is 24.3 Å². The predicted molar refractivity (Wildman–Crippen MR) is 75.8 cm³/mol. The van der Waals surface area contributed by atoms with Crippen LogP contribution in [0, 0.1) is 0 Å². The average molecular weight is 296 g/mol. The fourth-order valence-electron chi connectivity index (χ4n) is 1.70. The zero-order valence-corrected chi connectivity index (χ0v) is 12.2. The summed E-state index contributed by atoms with van der Waals surface area (Å²) in [5.41, 5.74) is 5.17. The van der Waals surface area contributed by atoms with E-state index < -0.39 is 15.6 Å². The van der Waals surface area contributed by atoms with Crippen LogP contribution < -0.4 is 11.1 Å². The second-order valence-corrected chi connectivity index (χ2v) is 6.64. The lowest BCUT2D eigenvalue weighted by Crippen LogP contribution is -2.41. The van der Waals surface area contributed by atoms with Crippen LogP contribution in [0.25, 0.3) is 0 Å². The van der Waals surface area contributed by atoms with Crippen molar-refractivity contribution in [1.82, 2.24) is 10.2 Å². The van der Waals surface area contributed by atoms with Crippen LogP contribution in [0.15, 0.2) is 33.6 Å². The number of benzene rings is 1. The van der Waals surface area contributed by atoms with Crippen molar-refractivity contribution in [2.75, 3.05) is 12.8 Å². The molecule has 0 aliphatic carbocycles. The van der Waals surface area contributed by atoms with Crippen molar-refractivity contribution >= 4 is 27.6 Å². The third-order valence-corrected chi connectivity index (χ3v) is 4.63. The van der Waals surface area contributed by atoms with Gasteiger partial charge in [0.2, 0.25) is 0 Å². The molecule has 0 unspecified atom stereocenters. The van der Waals surface area contributed by atoms with Gasteiger partial charge in [-0.1, -0.05) is 0 Å². The second kappa shape index (κ2) is 4.48. The van der Waals surface area contributed by atoms with Crippen LogP contribution in [0.1, 0.15) is 13.8 Å². The van der Waals surface area contributed by atoms with Gasteiger partial charge in [-0.25, -0.2) is 4.79 Å². The van der Waals surface area contributed by atoms with E-state index in [2.05, 4.69) is 9.71 Å². The molecule has 7 nitrogen and oxygen atoms in total. The number of rotatable bonds is 2. The van der Waals surface area contributed by atoms with Crippen LogP contribution in [0.5, 0.6) is 0 Å². The Bertz CT molecular complexity index is 677. The first-order valence-electron chi connectivity index (χ1n) is 5.90. The molecule has 0 saturated carbocycles. The average Bonchev–Trinajstić information content (AvgIpc) is 2.53.